The fraction of sp³-hybridized carbons (Fsp3) is 0.240. The van der Waals surface area contributed by atoms with Gasteiger partial charge < -0.3 is 0 Å². The molecule has 2 aromatic heterocycles. The minimum atomic E-state index is -3.43. The van der Waals surface area contributed by atoms with Crippen LogP contribution in [0.4, 0.5) is 5.13 Å². The van der Waals surface area contributed by atoms with E-state index in [0.717, 1.165) is 22.2 Å². The molecule has 1 amide bonds. The summed E-state index contributed by atoms with van der Waals surface area (Å²) in [5.41, 5.74) is 3.01. The highest BCUT2D eigenvalue weighted by atomic mass is 32.2. The highest BCUT2D eigenvalue weighted by molar-refractivity contribution is 7.91. The van der Waals surface area contributed by atoms with Gasteiger partial charge in [0.05, 0.1) is 27.4 Å². The van der Waals surface area contributed by atoms with Crippen molar-refractivity contribution < 1.29 is 13.2 Å². The molecule has 2 aromatic carbocycles. The third-order valence-corrected chi connectivity index (χ3v) is 8.24. The minimum absolute atomic E-state index is 0.0778. The summed E-state index contributed by atoms with van der Waals surface area (Å²) < 4.78 is 26.2. The van der Waals surface area contributed by atoms with Crippen LogP contribution < -0.4 is 4.90 Å². The number of thiazole rings is 1. The van der Waals surface area contributed by atoms with Gasteiger partial charge in [0.2, 0.25) is 5.91 Å². The van der Waals surface area contributed by atoms with Gasteiger partial charge in [-0.1, -0.05) is 42.5 Å². The van der Waals surface area contributed by atoms with Crippen LogP contribution in [0.1, 0.15) is 30.9 Å². The molecule has 0 unspecified atom stereocenters. The summed E-state index contributed by atoms with van der Waals surface area (Å²) in [6, 6.07) is 18.2. The molecule has 0 saturated carbocycles. The van der Waals surface area contributed by atoms with Crippen LogP contribution in [0, 0.1) is 0 Å². The number of benzene rings is 2. The number of hydrogen-bond donors (Lipinski definition) is 0. The molecule has 0 atom stereocenters. The van der Waals surface area contributed by atoms with Gasteiger partial charge in [0.15, 0.2) is 15.0 Å². The van der Waals surface area contributed by atoms with Gasteiger partial charge in [-0.25, -0.2) is 13.4 Å². The third kappa shape index (κ3) is 5.64. The van der Waals surface area contributed by atoms with E-state index in [1.165, 1.54) is 16.9 Å². The second-order valence-corrected chi connectivity index (χ2v) is 10.8. The molecule has 0 fully saturated rings. The molecule has 4 aromatic rings. The fourth-order valence-electron chi connectivity index (χ4n) is 3.52. The van der Waals surface area contributed by atoms with Crippen LogP contribution in [0.2, 0.25) is 0 Å². The van der Waals surface area contributed by atoms with E-state index in [0.29, 0.717) is 11.7 Å². The number of fused-ring (bicyclic) bond motifs is 1. The normalized spacial score (nSPS) is 11.5. The average Bonchev–Trinajstić information content (AvgIpc) is 3.26. The third-order valence-electron chi connectivity index (χ3n) is 5.38. The van der Waals surface area contributed by atoms with E-state index in [1.54, 1.807) is 47.6 Å². The molecule has 0 radical (unpaired) electrons. The van der Waals surface area contributed by atoms with Crippen LogP contribution in [-0.2, 0) is 27.6 Å². The Balaban J connectivity index is 1.54. The van der Waals surface area contributed by atoms with E-state index in [9.17, 15) is 13.2 Å². The monoisotopic (exact) mass is 479 g/mol. The number of anilines is 1. The van der Waals surface area contributed by atoms with Crippen LogP contribution in [0.15, 0.2) is 78.0 Å². The number of sulfone groups is 1. The molecule has 0 aliphatic carbocycles. The van der Waals surface area contributed by atoms with Crippen LogP contribution >= 0.6 is 11.3 Å². The van der Waals surface area contributed by atoms with Crippen molar-refractivity contribution in [3.63, 3.8) is 0 Å². The lowest BCUT2D eigenvalue weighted by Gasteiger charge is -2.20. The van der Waals surface area contributed by atoms with Gasteiger partial charge in [-0.3, -0.25) is 14.7 Å². The molecule has 0 N–H and O–H groups in total. The molecule has 0 aliphatic heterocycles. The first-order chi connectivity index (χ1) is 16.0. The molecular weight excluding hydrogens is 454 g/mol. The maximum absolute atomic E-state index is 13.3. The Bertz CT molecular complexity index is 1340. The smallest absolute Gasteiger partial charge is 0.229 e. The molecule has 0 spiro atoms. The van der Waals surface area contributed by atoms with Crippen LogP contribution in [0.3, 0.4) is 0 Å². The number of aryl methyl sites for hydroxylation is 1. The summed E-state index contributed by atoms with van der Waals surface area (Å²) in [6.45, 7) is 2.46. The van der Waals surface area contributed by atoms with Gasteiger partial charge >= 0.3 is 0 Å². The summed E-state index contributed by atoms with van der Waals surface area (Å²) >= 11 is 1.48. The Kier molecular flexibility index (Phi) is 7.15. The summed E-state index contributed by atoms with van der Waals surface area (Å²) in [5.74, 6) is -0.226. The Morgan fingerprint density at radius 1 is 1.00 bits per heavy atom. The van der Waals surface area contributed by atoms with E-state index in [-0.39, 0.29) is 29.4 Å². The van der Waals surface area contributed by atoms with Crippen molar-refractivity contribution in [1.29, 1.82) is 0 Å². The van der Waals surface area contributed by atoms with Crippen molar-refractivity contribution >= 4 is 42.4 Å². The summed E-state index contributed by atoms with van der Waals surface area (Å²) in [5, 5.41) is 0.617. The quantitative estimate of drug-likeness (QED) is 0.336. The predicted molar refractivity (Wildman–Crippen MR) is 132 cm³/mol. The highest BCUT2D eigenvalue weighted by Crippen LogP contribution is 2.31. The molecule has 8 heteroatoms. The molecule has 6 nitrogen and oxygen atoms in total. The number of nitrogens with zero attached hydrogens (tertiary/aromatic N) is 3. The topological polar surface area (TPSA) is 80.2 Å². The van der Waals surface area contributed by atoms with E-state index in [4.69, 9.17) is 4.98 Å². The van der Waals surface area contributed by atoms with Gasteiger partial charge in [0, 0.05) is 18.8 Å². The Hall–Kier alpha value is -3.10. The second kappa shape index (κ2) is 10.2. The SMILES string of the molecule is CCc1ccc2nc(N(Cc3ccncc3)C(=O)CCCS(=O)(=O)c3ccccc3)sc2c1. The summed E-state index contributed by atoms with van der Waals surface area (Å²) in [7, 11) is -3.43. The highest BCUT2D eigenvalue weighted by Gasteiger charge is 2.22. The number of carbonyl (C=O) groups is 1. The summed E-state index contributed by atoms with van der Waals surface area (Å²) in [4.78, 5) is 23.9. The number of pyridine rings is 1. The van der Waals surface area contributed by atoms with E-state index >= 15 is 0 Å². The van der Waals surface area contributed by atoms with Crippen molar-refractivity contribution in [3.05, 3.63) is 84.2 Å². The zero-order valence-corrected chi connectivity index (χ0v) is 20.0. The lowest BCUT2D eigenvalue weighted by atomic mass is 10.2. The first kappa shape index (κ1) is 23.1. The Labute approximate surface area is 197 Å². The lowest BCUT2D eigenvalue weighted by molar-refractivity contribution is -0.118. The molecule has 0 saturated heterocycles. The van der Waals surface area contributed by atoms with Gasteiger partial charge in [0.1, 0.15) is 0 Å². The van der Waals surface area contributed by atoms with Gasteiger partial charge in [-0.15, -0.1) is 0 Å². The van der Waals surface area contributed by atoms with Crippen molar-refractivity contribution in [3.8, 4) is 0 Å². The van der Waals surface area contributed by atoms with E-state index < -0.39 is 9.84 Å². The molecule has 0 bridgehead atoms. The fourth-order valence-corrected chi connectivity index (χ4v) is 5.90. The number of aromatic nitrogens is 2. The van der Waals surface area contributed by atoms with Crippen LogP contribution in [0.5, 0.6) is 0 Å². The molecule has 2 heterocycles. The largest absolute Gasteiger partial charge is 0.284 e. The zero-order chi connectivity index (χ0) is 23.3. The van der Waals surface area contributed by atoms with Gasteiger partial charge in [-0.05, 0) is 60.4 Å². The van der Waals surface area contributed by atoms with Crippen molar-refractivity contribution in [2.24, 2.45) is 0 Å². The zero-order valence-electron chi connectivity index (χ0n) is 18.3. The molecule has 0 aliphatic rings. The minimum Gasteiger partial charge on any atom is -0.284 e. The van der Waals surface area contributed by atoms with Crippen LogP contribution in [0.25, 0.3) is 10.2 Å². The number of amides is 1. The van der Waals surface area contributed by atoms with Crippen molar-refractivity contribution in [2.45, 2.75) is 37.6 Å². The molecule has 170 valence electrons. The second-order valence-electron chi connectivity index (χ2n) is 7.72. The van der Waals surface area contributed by atoms with Crippen molar-refractivity contribution in [1.82, 2.24) is 9.97 Å². The lowest BCUT2D eigenvalue weighted by Crippen LogP contribution is -2.30. The van der Waals surface area contributed by atoms with Crippen LogP contribution in [-0.4, -0.2) is 30.0 Å². The number of carbonyl (C=O) groups excluding carboxylic acids is 1. The summed E-state index contributed by atoms with van der Waals surface area (Å²) in [6.07, 6.45) is 4.67. The average molecular weight is 480 g/mol. The number of hydrogen-bond acceptors (Lipinski definition) is 6. The number of rotatable bonds is 9. The van der Waals surface area contributed by atoms with E-state index in [1.807, 2.05) is 18.2 Å². The molecule has 4 rings (SSSR count). The molecular formula is C25H25N3O3S2. The van der Waals surface area contributed by atoms with E-state index in [2.05, 4.69) is 24.0 Å². The maximum atomic E-state index is 13.3. The van der Waals surface area contributed by atoms with Gasteiger partial charge in [0.25, 0.3) is 0 Å². The standard InChI is InChI=1S/C25H25N3O3S2/c1-2-19-10-11-22-23(17-19)32-25(27-22)28(18-20-12-14-26-15-13-20)24(29)9-6-16-33(30,31)21-7-4-3-5-8-21/h3-5,7-8,10-15,17H,2,6,9,16,18H2,1H3. The first-order valence-corrected chi connectivity index (χ1v) is 13.3. The van der Waals surface area contributed by atoms with Gasteiger partial charge in [-0.2, -0.15) is 0 Å². The predicted octanol–water partition coefficient (Wildman–Crippen LogP) is 5.04. The van der Waals surface area contributed by atoms with Crippen molar-refractivity contribution in [2.75, 3.05) is 10.7 Å². The maximum Gasteiger partial charge on any atom is 0.229 e. The first-order valence-electron chi connectivity index (χ1n) is 10.8. The Morgan fingerprint density at radius 3 is 2.48 bits per heavy atom. The Morgan fingerprint density at radius 2 is 1.76 bits per heavy atom. The molecule has 33 heavy (non-hydrogen) atoms.